The SMILES string of the molecule is COCC(C)NC(=O)CNC1CCOc2ccccc21. The van der Waals surface area contributed by atoms with Crippen LogP contribution in [-0.2, 0) is 9.53 Å². The maximum atomic E-state index is 11.8. The number of amides is 1. The Morgan fingerprint density at radius 1 is 1.50 bits per heavy atom. The van der Waals surface area contributed by atoms with E-state index in [1.807, 2.05) is 31.2 Å². The van der Waals surface area contributed by atoms with Crippen molar-refractivity contribution in [1.29, 1.82) is 0 Å². The summed E-state index contributed by atoms with van der Waals surface area (Å²) >= 11 is 0. The number of fused-ring (bicyclic) bond motifs is 1. The monoisotopic (exact) mass is 278 g/mol. The highest BCUT2D eigenvalue weighted by Crippen LogP contribution is 2.31. The molecule has 0 saturated heterocycles. The van der Waals surface area contributed by atoms with Gasteiger partial charge in [-0.25, -0.2) is 0 Å². The van der Waals surface area contributed by atoms with Gasteiger partial charge in [0.25, 0.3) is 0 Å². The molecule has 1 aliphatic rings. The molecule has 2 unspecified atom stereocenters. The van der Waals surface area contributed by atoms with Crippen LogP contribution < -0.4 is 15.4 Å². The molecule has 2 rings (SSSR count). The lowest BCUT2D eigenvalue weighted by Crippen LogP contribution is -2.42. The first-order valence-electron chi connectivity index (χ1n) is 6.94. The van der Waals surface area contributed by atoms with E-state index in [0.29, 0.717) is 19.8 Å². The number of carbonyl (C=O) groups is 1. The molecule has 1 aromatic carbocycles. The summed E-state index contributed by atoms with van der Waals surface area (Å²) in [5.74, 6) is 0.892. The molecule has 1 aromatic rings. The maximum absolute atomic E-state index is 11.8. The zero-order valence-corrected chi connectivity index (χ0v) is 12.0. The van der Waals surface area contributed by atoms with E-state index in [1.54, 1.807) is 7.11 Å². The molecule has 0 saturated carbocycles. The molecule has 5 nitrogen and oxygen atoms in total. The van der Waals surface area contributed by atoms with Crippen molar-refractivity contribution >= 4 is 5.91 Å². The van der Waals surface area contributed by atoms with E-state index in [9.17, 15) is 4.79 Å². The van der Waals surface area contributed by atoms with Crippen LogP contribution in [0.3, 0.4) is 0 Å². The van der Waals surface area contributed by atoms with Gasteiger partial charge in [-0.15, -0.1) is 0 Å². The van der Waals surface area contributed by atoms with Gasteiger partial charge in [-0.2, -0.15) is 0 Å². The van der Waals surface area contributed by atoms with E-state index in [1.165, 1.54) is 0 Å². The fourth-order valence-corrected chi connectivity index (χ4v) is 2.39. The lowest BCUT2D eigenvalue weighted by atomic mass is 10.0. The lowest BCUT2D eigenvalue weighted by molar-refractivity contribution is -0.121. The number of benzene rings is 1. The average molecular weight is 278 g/mol. The molecule has 20 heavy (non-hydrogen) atoms. The van der Waals surface area contributed by atoms with E-state index < -0.39 is 0 Å². The van der Waals surface area contributed by atoms with Crippen LogP contribution in [0.15, 0.2) is 24.3 Å². The summed E-state index contributed by atoms with van der Waals surface area (Å²) in [7, 11) is 1.62. The third-order valence-electron chi connectivity index (χ3n) is 3.29. The molecule has 0 aromatic heterocycles. The van der Waals surface area contributed by atoms with Gasteiger partial charge >= 0.3 is 0 Å². The molecule has 0 radical (unpaired) electrons. The number of methoxy groups -OCH3 is 1. The van der Waals surface area contributed by atoms with Crippen LogP contribution in [0.4, 0.5) is 0 Å². The molecule has 0 spiro atoms. The van der Waals surface area contributed by atoms with Gasteiger partial charge in [0.05, 0.1) is 19.8 Å². The first-order valence-corrected chi connectivity index (χ1v) is 6.94. The Balaban J connectivity index is 1.84. The van der Waals surface area contributed by atoms with Crippen molar-refractivity contribution in [1.82, 2.24) is 10.6 Å². The Morgan fingerprint density at radius 2 is 2.30 bits per heavy atom. The summed E-state index contributed by atoms with van der Waals surface area (Å²) in [5.41, 5.74) is 1.12. The molecule has 1 aliphatic heterocycles. The molecule has 110 valence electrons. The van der Waals surface area contributed by atoms with E-state index in [-0.39, 0.29) is 18.0 Å². The fourth-order valence-electron chi connectivity index (χ4n) is 2.39. The molecule has 2 N–H and O–H groups in total. The van der Waals surface area contributed by atoms with Crippen LogP contribution in [0, 0.1) is 0 Å². The van der Waals surface area contributed by atoms with E-state index in [0.717, 1.165) is 17.7 Å². The second kappa shape index (κ2) is 7.26. The number of carbonyl (C=O) groups excluding carboxylic acids is 1. The van der Waals surface area contributed by atoms with Gasteiger partial charge in [0.2, 0.25) is 5.91 Å². The Morgan fingerprint density at radius 3 is 3.10 bits per heavy atom. The van der Waals surface area contributed by atoms with Crippen molar-refractivity contribution in [2.75, 3.05) is 26.9 Å². The summed E-state index contributed by atoms with van der Waals surface area (Å²) in [6.07, 6.45) is 0.873. The predicted molar refractivity (Wildman–Crippen MR) is 76.8 cm³/mol. The lowest BCUT2D eigenvalue weighted by Gasteiger charge is -2.26. The highest BCUT2D eigenvalue weighted by molar-refractivity contribution is 5.78. The quantitative estimate of drug-likeness (QED) is 0.822. The Hall–Kier alpha value is -1.59. The Bertz CT molecular complexity index is 450. The van der Waals surface area contributed by atoms with Crippen molar-refractivity contribution in [2.45, 2.75) is 25.4 Å². The third-order valence-corrected chi connectivity index (χ3v) is 3.29. The molecule has 0 fully saturated rings. The van der Waals surface area contributed by atoms with Crippen molar-refractivity contribution in [3.8, 4) is 5.75 Å². The van der Waals surface area contributed by atoms with E-state index in [4.69, 9.17) is 9.47 Å². The maximum Gasteiger partial charge on any atom is 0.234 e. The van der Waals surface area contributed by atoms with E-state index in [2.05, 4.69) is 10.6 Å². The van der Waals surface area contributed by atoms with Crippen molar-refractivity contribution in [2.24, 2.45) is 0 Å². The molecule has 0 bridgehead atoms. The molecular formula is C15H22N2O3. The minimum Gasteiger partial charge on any atom is -0.493 e. The first-order chi connectivity index (χ1) is 9.70. The van der Waals surface area contributed by atoms with E-state index >= 15 is 0 Å². The summed E-state index contributed by atoms with van der Waals surface area (Å²) < 4.78 is 10.6. The molecule has 0 aliphatic carbocycles. The van der Waals surface area contributed by atoms with Crippen LogP contribution in [0.1, 0.15) is 24.9 Å². The fraction of sp³-hybridized carbons (Fsp3) is 0.533. The highest BCUT2D eigenvalue weighted by Gasteiger charge is 2.21. The van der Waals surface area contributed by atoms with Gasteiger partial charge in [0.15, 0.2) is 0 Å². The van der Waals surface area contributed by atoms with Gasteiger partial charge in [-0.3, -0.25) is 4.79 Å². The minimum atomic E-state index is -0.0153. The summed E-state index contributed by atoms with van der Waals surface area (Å²) in [6, 6.07) is 8.14. The number of ether oxygens (including phenoxy) is 2. The van der Waals surface area contributed by atoms with Gasteiger partial charge in [-0.05, 0) is 13.0 Å². The Kier molecular flexibility index (Phi) is 5.38. The van der Waals surface area contributed by atoms with Crippen LogP contribution >= 0.6 is 0 Å². The number of nitrogens with one attached hydrogen (secondary N) is 2. The second-order valence-corrected chi connectivity index (χ2v) is 5.03. The smallest absolute Gasteiger partial charge is 0.234 e. The Labute approximate surface area is 119 Å². The number of rotatable bonds is 6. The number of hydrogen-bond acceptors (Lipinski definition) is 4. The van der Waals surface area contributed by atoms with Crippen LogP contribution in [0.2, 0.25) is 0 Å². The minimum absolute atomic E-state index is 0.0153. The topological polar surface area (TPSA) is 59.6 Å². The van der Waals surface area contributed by atoms with Crippen molar-refractivity contribution in [3.63, 3.8) is 0 Å². The second-order valence-electron chi connectivity index (χ2n) is 5.03. The zero-order valence-electron chi connectivity index (χ0n) is 12.0. The molecule has 2 atom stereocenters. The number of para-hydroxylation sites is 1. The third kappa shape index (κ3) is 3.95. The molecule has 1 amide bonds. The van der Waals surface area contributed by atoms with Gasteiger partial charge in [0.1, 0.15) is 5.75 Å². The standard InChI is InChI=1S/C15H22N2O3/c1-11(10-19-2)17-15(18)9-16-13-7-8-20-14-6-4-3-5-12(13)14/h3-6,11,13,16H,7-10H2,1-2H3,(H,17,18). The summed E-state index contributed by atoms with van der Waals surface area (Å²) in [4.78, 5) is 11.8. The molecule has 5 heteroatoms. The normalized spacial score (nSPS) is 18.8. The van der Waals surface area contributed by atoms with Gasteiger partial charge in [0, 0.05) is 31.2 Å². The highest BCUT2D eigenvalue weighted by atomic mass is 16.5. The van der Waals surface area contributed by atoms with Gasteiger partial charge < -0.3 is 20.1 Å². The predicted octanol–water partition coefficient (Wildman–Crippen LogP) is 1.25. The van der Waals surface area contributed by atoms with Crippen molar-refractivity contribution < 1.29 is 14.3 Å². The average Bonchev–Trinajstić information content (AvgIpc) is 2.45. The molecular weight excluding hydrogens is 256 g/mol. The summed E-state index contributed by atoms with van der Waals surface area (Å²) in [5, 5.41) is 6.18. The van der Waals surface area contributed by atoms with Crippen LogP contribution in [0.25, 0.3) is 0 Å². The zero-order chi connectivity index (χ0) is 14.4. The van der Waals surface area contributed by atoms with Crippen LogP contribution in [0.5, 0.6) is 5.75 Å². The van der Waals surface area contributed by atoms with Crippen LogP contribution in [-0.4, -0.2) is 38.8 Å². The largest absolute Gasteiger partial charge is 0.493 e. The molecule has 1 heterocycles. The van der Waals surface area contributed by atoms with Gasteiger partial charge in [-0.1, -0.05) is 18.2 Å². The number of hydrogen-bond donors (Lipinski definition) is 2. The first kappa shape index (κ1) is 14.8. The van der Waals surface area contributed by atoms with Crippen molar-refractivity contribution in [3.05, 3.63) is 29.8 Å². The summed E-state index contributed by atoms with van der Waals surface area (Å²) in [6.45, 7) is 3.42.